The van der Waals surface area contributed by atoms with Crippen LogP contribution in [0.4, 0.5) is 10.6 Å². The zero-order valence-corrected chi connectivity index (χ0v) is 12.9. The first-order chi connectivity index (χ1) is 8.78. The number of hydrogen-bond donors (Lipinski definition) is 1. The summed E-state index contributed by atoms with van der Waals surface area (Å²) in [6.07, 6.45) is 3.07. The molecule has 0 aliphatic rings. The number of ether oxygens (including phenoxy) is 1. The summed E-state index contributed by atoms with van der Waals surface area (Å²) in [5.41, 5.74) is 0.441. The zero-order chi connectivity index (χ0) is 14.2. The van der Waals surface area contributed by atoms with E-state index in [9.17, 15) is 4.79 Å². The number of fused-ring (bicyclic) bond motifs is 1. The number of hydrogen-bond acceptors (Lipinski definition) is 3. The van der Waals surface area contributed by atoms with Crippen LogP contribution in [0.3, 0.4) is 0 Å². The van der Waals surface area contributed by atoms with Gasteiger partial charge in [0.15, 0.2) is 0 Å². The largest absolute Gasteiger partial charge is 0.444 e. The normalized spacial score (nSPS) is 11.6. The summed E-state index contributed by atoms with van der Waals surface area (Å²) < 4.78 is 8.06. The maximum absolute atomic E-state index is 11.8. The maximum Gasteiger partial charge on any atom is 0.413 e. The minimum absolute atomic E-state index is 0.494. The molecule has 6 heteroatoms. The van der Waals surface area contributed by atoms with Gasteiger partial charge < -0.3 is 9.30 Å². The Morgan fingerprint density at radius 2 is 2.16 bits per heavy atom. The number of aryl methyl sites for hydroxylation is 1. The van der Waals surface area contributed by atoms with Crippen LogP contribution < -0.4 is 5.32 Å². The Bertz CT molecular complexity index is 629. The Balaban J connectivity index is 2.32. The standard InChI is InChI=1S/C13H16BrN3O2/c1-13(2,3)19-12(18)16-11-8-5-6-17(4)10(8)9(14)7-15-11/h5-7H,1-4H3,(H,15,16,18). The third-order valence-electron chi connectivity index (χ3n) is 2.48. The highest BCUT2D eigenvalue weighted by molar-refractivity contribution is 9.10. The van der Waals surface area contributed by atoms with Crippen molar-refractivity contribution in [3.63, 3.8) is 0 Å². The van der Waals surface area contributed by atoms with Gasteiger partial charge in [0.2, 0.25) is 0 Å². The molecule has 2 aromatic rings. The van der Waals surface area contributed by atoms with E-state index in [-0.39, 0.29) is 0 Å². The number of carbonyl (C=O) groups excluding carboxylic acids is 1. The molecular formula is C13H16BrN3O2. The maximum atomic E-state index is 11.8. The summed E-state index contributed by atoms with van der Waals surface area (Å²) in [5, 5.41) is 3.54. The van der Waals surface area contributed by atoms with Gasteiger partial charge in [-0.05, 0) is 42.8 Å². The van der Waals surface area contributed by atoms with Crippen LogP contribution in [0.5, 0.6) is 0 Å². The number of anilines is 1. The first-order valence-corrected chi connectivity index (χ1v) is 6.67. The molecule has 2 heterocycles. The molecule has 0 saturated carbocycles. The van der Waals surface area contributed by atoms with E-state index in [0.29, 0.717) is 5.82 Å². The van der Waals surface area contributed by atoms with Gasteiger partial charge in [0.25, 0.3) is 0 Å². The van der Waals surface area contributed by atoms with E-state index in [1.165, 1.54) is 0 Å². The Morgan fingerprint density at radius 3 is 2.79 bits per heavy atom. The number of rotatable bonds is 1. The molecule has 0 aromatic carbocycles. The van der Waals surface area contributed by atoms with Gasteiger partial charge in [-0.15, -0.1) is 0 Å². The van der Waals surface area contributed by atoms with E-state index in [1.807, 2.05) is 44.6 Å². The molecule has 0 aliphatic carbocycles. The third-order valence-corrected chi connectivity index (χ3v) is 3.06. The topological polar surface area (TPSA) is 56.2 Å². The summed E-state index contributed by atoms with van der Waals surface area (Å²) in [7, 11) is 1.93. The van der Waals surface area contributed by atoms with Crippen molar-refractivity contribution in [2.75, 3.05) is 5.32 Å². The lowest BCUT2D eigenvalue weighted by Gasteiger charge is -2.19. The molecule has 0 unspecified atom stereocenters. The number of carbonyl (C=O) groups is 1. The molecule has 0 aliphatic heterocycles. The number of halogens is 1. The van der Waals surface area contributed by atoms with Crippen molar-refractivity contribution in [3.05, 3.63) is 22.9 Å². The lowest BCUT2D eigenvalue weighted by atomic mass is 10.2. The van der Waals surface area contributed by atoms with Gasteiger partial charge in [0.1, 0.15) is 11.4 Å². The third kappa shape index (κ3) is 3.07. The molecule has 2 rings (SSSR count). The first-order valence-electron chi connectivity index (χ1n) is 5.87. The average molecular weight is 326 g/mol. The minimum atomic E-state index is -0.532. The van der Waals surface area contributed by atoms with E-state index in [0.717, 1.165) is 15.4 Å². The van der Waals surface area contributed by atoms with Gasteiger partial charge in [-0.2, -0.15) is 0 Å². The van der Waals surface area contributed by atoms with Crippen LogP contribution in [0.25, 0.3) is 10.9 Å². The van der Waals surface area contributed by atoms with E-state index < -0.39 is 11.7 Å². The minimum Gasteiger partial charge on any atom is -0.444 e. The number of pyridine rings is 1. The predicted octanol–water partition coefficient (Wildman–Crippen LogP) is 3.68. The van der Waals surface area contributed by atoms with Crippen LogP contribution in [-0.4, -0.2) is 21.2 Å². The summed E-state index contributed by atoms with van der Waals surface area (Å²) in [6, 6.07) is 1.90. The highest BCUT2D eigenvalue weighted by Crippen LogP contribution is 2.28. The van der Waals surface area contributed by atoms with Crippen LogP contribution in [0.1, 0.15) is 20.8 Å². The van der Waals surface area contributed by atoms with Crippen LogP contribution >= 0.6 is 15.9 Å². The molecule has 0 radical (unpaired) electrons. The number of amides is 1. The summed E-state index contributed by atoms with van der Waals surface area (Å²) >= 11 is 3.45. The molecule has 2 aromatic heterocycles. The average Bonchev–Trinajstić information content (AvgIpc) is 2.63. The fourth-order valence-corrected chi connectivity index (χ4v) is 2.37. The van der Waals surface area contributed by atoms with Crippen molar-refractivity contribution < 1.29 is 9.53 Å². The summed E-state index contributed by atoms with van der Waals surface area (Å²) in [5.74, 6) is 0.494. The van der Waals surface area contributed by atoms with E-state index in [2.05, 4.69) is 26.2 Å². The van der Waals surface area contributed by atoms with Crippen molar-refractivity contribution in [1.82, 2.24) is 9.55 Å². The molecule has 0 atom stereocenters. The predicted molar refractivity (Wildman–Crippen MR) is 78.3 cm³/mol. The second-order valence-electron chi connectivity index (χ2n) is 5.27. The van der Waals surface area contributed by atoms with Crippen molar-refractivity contribution in [2.45, 2.75) is 26.4 Å². The van der Waals surface area contributed by atoms with Crippen molar-refractivity contribution in [1.29, 1.82) is 0 Å². The molecule has 1 N–H and O–H groups in total. The molecule has 1 amide bonds. The van der Waals surface area contributed by atoms with Crippen LogP contribution in [0.2, 0.25) is 0 Å². The summed E-state index contributed by atoms with van der Waals surface area (Å²) in [6.45, 7) is 5.46. The van der Waals surface area contributed by atoms with Gasteiger partial charge >= 0.3 is 6.09 Å². The van der Waals surface area contributed by atoms with E-state index >= 15 is 0 Å². The second kappa shape index (κ2) is 4.85. The highest BCUT2D eigenvalue weighted by Gasteiger charge is 2.18. The van der Waals surface area contributed by atoms with Gasteiger partial charge in [-0.1, -0.05) is 0 Å². The van der Waals surface area contributed by atoms with E-state index in [4.69, 9.17) is 4.74 Å². The van der Waals surface area contributed by atoms with Crippen molar-refractivity contribution >= 4 is 38.7 Å². The molecular weight excluding hydrogens is 310 g/mol. The molecule has 0 fully saturated rings. The molecule has 0 spiro atoms. The number of nitrogens with one attached hydrogen (secondary N) is 1. The molecule has 0 saturated heterocycles. The van der Waals surface area contributed by atoms with Crippen LogP contribution in [0.15, 0.2) is 22.9 Å². The quantitative estimate of drug-likeness (QED) is 0.870. The number of nitrogens with zero attached hydrogens (tertiary/aromatic N) is 2. The smallest absolute Gasteiger partial charge is 0.413 e. The van der Waals surface area contributed by atoms with Crippen molar-refractivity contribution in [2.24, 2.45) is 7.05 Å². The fourth-order valence-electron chi connectivity index (χ4n) is 1.77. The van der Waals surface area contributed by atoms with Gasteiger partial charge in [0, 0.05) is 24.8 Å². The van der Waals surface area contributed by atoms with Gasteiger partial charge in [0.05, 0.1) is 9.99 Å². The zero-order valence-electron chi connectivity index (χ0n) is 11.3. The molecule has 102 valence electrons. The fraction of sp³-hybridized carbons (Fsp3) is 0.385. The van der Waals surface area contributed by atoms with E-state index in [1.54, 1.807) is 6.20 Å². The lowest BCUT2D eigenvalue weighted by Crippen LogP contribution is -2.27. The molecule has 5 nitrogen and oxygen atoms in total. The SMILES string of the molecule is Cn1ccc2c(NC(=O)OC(C)(C)C)ncc(Br)c21. The lowest BCUT2D eigenvalue weighted by molar-refractivity contribution is 0.0635. The highest BCUT2D eigenvalue weighted by atomic mass is 79.9. The van der Waals surface area contributed by atoms with Crippen molar-refractivity contribution in [3.8, 4) is 0 Å². The molecule has 19 heavy (non-hydrogen) atoms. The Labute approximate surface area is 120 Å². The molecule has 0 bridgehead atoms. The number of aromatic nitrogens is 2. The first kappa shape index (κ1) is 13.9. The van der Waals surface area contributed by atoms with Crippen LogP contribution in [-0.2, 0) is 11.8 Å². The monoisotopic (exact) mass is 325 g/mol. The van der Waals surface area contributed by atoms with Gasteiger partial charge in [-0.25, -0.2) is 9.78 Å². The summed E-state index contributed by atoms with van der Waals surface area (Å²) in [4.78, 5) is 16.0. The Morgan fingerprint density at radius 1 is 1.47 bits per heavy atom. The Kier molecular flexibility index (Phi) is 3.54. The van der Waals surface area contributed by atoms with Crippen LogP contribution in [0, 0.1) is 0 Å². The van der Waals surface area contributed by atoms with Gasteiger partial charge in [-0.3, -0.25) is 5.32 Å². The second-order valence-corrected chi connectivity index (χ2v) is 6.12. The Hall–Kier alpha value is -1.56.